The average Bonchev–Trinajstić information content (AvgIpc) is 2.83. The van der Waals surface area contributed by atoms with Crippen LogP contribution in [0.2, 0.25) is 0 Å². The van der Waals surface area contributed by atoms with Gasteiger partial charge in [-0.1, -0.05) is 36.8 Å². The third kappa shape index (κ3) is 3.97. The molecule has 1 aromatic carbocycles. The quantitative estimate of drug-likeness (QED) is 0.839. The van der Waals surface area contributed by atoms with Gasteiger partial charge < -0.3 is 9.73 Å². The number of rotatable bonds is 6. The van der Waals surface area contributed by atoms with E-state index >= 15 is 0 Å². The van der Waals surface area contributed by atoms with E-state index in [2.05, 4.69) is 49.5 Å². The van der Waals surface area contributed by atoms with Crippen LogP contribution in [0.1, 0.15) is 42.0 Å². The first-order chi connectivity index (χ1) is 9.19. The molecular formula is C17H23NO. The van der Waals surface area contributed by atoms with Crippen LogP contribution in [0.25, 0.3) is 0 Å². The van der Waals surface area contributed by atoms with Crippen molar-refractivity contribution in [2.45, 2.75) is 39.7 Å². The van der Waals surface area contributed by atoms with Gasteiger partial charge in [-0.25, -0.2) is 0 Å². The number of hydrogen-bond acceptors (Lipinski definition) is 2. The Morgan fingerprint density at radius 1 is 1.05 bits per heavy atom. The van der Waals surface area contributed by atoms with Gasteiger partial charge in [-0.2, -0.15) is 0 Å². The SMILES string of the molecule is CCCNC(Cc1ccc(C)cc1)c1ccc(C)o1. The minimum Gasteiger partial charge on any atom is -0.465 e. The van der Waals surface area contributed by atoms with Crippen molar-refractivity contribution in [1.29, 1.82) is 0 Å². The van der Waals surface area contributed by atoms with E-state index < -0.39 is 0 Å². The first-order valence-corrected chi connectivity index (χ1v) is 7.04. The highest BCUT2D eigenvalue weighted by Gasteiger charge is 2.14. The monoisotopic (exact) mass is 257 g/mol. The molecule has 0 aliphatic carbocycles. The molecule has 2 nitrogen and oxygen atoms in total. The summed E-state index contributed by atoms with van der Waals surface area (Å²) in [6, 6.07) is 13.1. The molecule has 102 valence electrons. The molecule has 2 rings (SSSR count). The molecule has 1 N–H and O–H groups in total. The van der Waals surface area contributed by atoms with E-state index in [4.69, 9.17) is 4.42 Å². The van der Waals surface area contributed by atoms with Crippen molar-refractivity contribution in [1.82, 2.24) is 5.32 Å². The second kappa shape index (κ2) is 6.58. The maximum atomic E-state index is 5.78. The van der Waals surface area contributed by atoms with Crippen molar-refractivity contribution < 1.29 is 4.42 Å². The Bertz CT molecular complexity index is 498. The van der Waals surface area contributed by atoms with Crippen LogP contribution >= 0.6 is 0 Å². The zero-order valence-corrected chi connectivity index (χ0v) is 12.1. The number of nitrogens with one attached hydrogen (secondary N) is 1. The largest absolute Gasteiger partial charge is 0.465 e. The van der Waals surface area contributed by atoms with E-state index in [9.17, 15) is 0 Å². The molecule has 1 atom stereocenters. The van der Waals surface area contributed by atoms with Gasteiger partial charge in [-0.3, -0.25) is 0 Å². The van der Waals surface area contributed by atoms with Gasteiger partial charge in [-0.15, -0.1) is 0 Å². The van der Waals surface area contributed by atoms with Gasteiger partial charge in [0.1, 0.15) is 11.5 Å². The summed E-state index contributed by atoms with van der Waals surface area (Å²) < 4.78 is 5.78. The van der Waals surface area contributed by atoms with Crippen molar-refractivity contribution in [2.75, 3.05) is 6.54 Å². The first kappa shape index (κ1) is 13.9. The van der Waals surface area contributed by atoms with E-state index in [-0.39, 0.29) is 6.04 Å². The summed E-state index contributed by atoms with van der Waals surface area (Å²) >= 11 is 0. The molecule has 1 heterocycles. The van der Waals surface area contributed by atoms with Crippen LogP contribution in [-0.2, 0) is 6.42 Å². The molecule has 2 heteroatoms. The van der Waals surface area contributed by atoms with E-state index in [1.807, 2.05) is 13.0 Å². The van der Waals surface area contributed by atoms with Crippen molar-refractivity contribution in [3.05, 3.63) is 59.0 Å². The second-order valence-electron chi connectivity index (χ2n) is 5.14. The fraction of sp³-hybridized carbons (Fsp3) is 0.412. The Morgan fingerprint density at radius 3 is 2.37 bits per heavy atom. The second-order valence-corrected chi connectivity index (χ2v) is 5.14. The van der Waals surface area contributed by atoms with Crippen LogP contribution in [0.4, 0.5) is 0 Å². The average molecular weight is 257 g/mol. The molecular weight excluding hydrogens is 234 g/mol. The summed E-state index contributed by atoms with van der Waals surface area (Å²) in [5, 5.41) is 3.57. The molecule has 0 spiro atoms. The molecule has 0 saturated heterocycles. The molecule has 0 radical (unpaired) electrons. The number of aryl methyl sites for hydroxylation is 2. The molecule has 0 amide bonds. The summed E-state index contributed by atoms with van der Waals surface area (Å²) in [7, 11) is 0. The topological polar surface area (TPSA) is 25.2 Å². The maximum absolute atomic E-state index is 5.78. The van der Waals surface area contributed by atoms with Crippen LogP contribution in [0.3, 0.4) is 0 Å². The molecule has 0 saturated carbocycles. The van der Waals surface area contributed by atoms with Crippen LogP contribution in [-0.4, -0.2) is 6.54 Å². The van der Waals surface area contributed by atoms with Crippen LogP contribution in [0.15, 0.2) is 40.8 Å². The normalized spacial score (nSPS) is 12.6. The fourth-order valence-electron chi connectivity index (χ4n) is 2.19. The standard InChI is InChI=1S/C17H23NO/c1-4-11-18-16(17-10-7-14(3)19-17)12-15-8-5-13(2)6-9-15/h5-10,16,18H,4,11-12H2,1-3H3. The van der Waals surface area contributed by atoms with Crippen molar-refractivity contribution in [3.63, 3.8) is 0 Å². The van der Waals surface area contributed by atoms with E-state index in [0.717, 1.165) is 30.9 Å². The van der Waals surface area contributed by atoms with Crippen molar-refractivity contribution in [2.24, 2.45) is 0 Å². The van der Waals surface area contributed by atoms with Crippen LogP contribution in [0, 0.1) is 13.8 Å². The lowest BCUT2D eigenvalue weighted by atomic mass is 10.0. The highest BCUT2D eigenvalue weighted by molar-refractivity contribution is 5.23. The van der Waals surface area contributed by atoms with Gasteiger partial charge in [0.25, 0.3) is 0 Å². The minimum absolute atomic E-state index is 0.261. The van der Waals surface area contributed by atoms with E-state index in [1.165, 1.54) is 11.1 Å². The summed E-state index contributed by atoms with van der Waals surface area (Å²) in [6.45, 7) is 7.30. The van der Waals surface area contributed by atoms with Crippen LogP contribution in [0.5, 0.6) is 0 Å². The first-order valence-electron chi connectivity index (χ1n) is 7.04. The number of furan rings is 1. The van der Waals surface area contributed by atoms with Crippen LogP contribution < -0.4 is 5.32 Å². The Balaban J connectivity index is 2.11. The Hall–Kier alpha value is -1.54. The zero-order chi connectivity index (χ0) is 13.7. The van der Waals surface area contributed by atoms with Gasteiger partial charge in [-0.05, 0) is 50.9 Å². The lowest BCUT2D eigenvalue weighted by molar-refractivity contribution is 0.398. The third-order valence-corrected chi connectivity index (χ3v) is 3.31. The van der Waals surface area contributed by atoms with Gasteiger partial charge >= 0.3 is 0 Å². The van der Waals surface area contributed by atoms with Gasteiger partial charge in [0.15, 0.2) is 0 Å². The third-order valence-electron chi connectivity index (χ3n) is 3.31. The van der Waals surface area contributed by atoms with Crippen molar-refractivity contribution >= 4 is 0 Å². The minimum atomic E-state index is 0.261. The molecule has 1 unspecified atom stereocenters. The zero-order valence-electron chi connectivity index (χ0n) is 12.1. The Labute approximate surface area is 115 Å². The molecule has 1 aromatic heterocycles. The fourth-order valence-corrected chi connectivity index (χ4v) is 2.19. The predicted octanol–water partition coefficient (Wildman–Crippen LogP) is 4.18. The maximum Gasteiger partial charge on any atom is 0.121 e. The summed E-state index contributed by atoms with van der Waals surface area (Å²) in [5.74, 6) is 2.01. The summed E-state index contributed by atoms with van der Waals surface area (Å²) in [4.78, 5) is 0. The molecule has 19 heavy (non-hydrogen) atoms. The lowest BCUT2D eigenvalue weighted by Crippen LogP contribution is -2.23. The smallest absolute Gasteiger partial charge is 0.121 e. The summed E-state index contributed by atoms with van der Waals surface area (Å²) in [6.07, 6.45) is 2.09. The highest BCUT2D eigenvalue weighted by Crippen LogP contribution is 2.21. The Morgan fingerprint density at radius 2 is 1.79 bits per heavy atom. The van der Waals surface area contributed by atoms with Gasteiger partial charge in [0.05, 0.1) is 6.04 Å². The number of hydrogen-bond donors (Lipinski definition) is 1. The predicted molar refractivity (Wildman–Crippen MR) is 79.4 cm³/mol. The molecule has 2 aromatic rings. The number of benzene rings is 1. The summed E-state index contributed by atoms with van der Waals surface area (Å²) in [5.41, 5.74) is 2.64. The molecule has 0 fully saturated rings. The highest BCUT2D eigenvalue weighted by atomic mass is 16.3. The van der Waals surface area contributed by atoms with Gasteiger partial charge in [0, 0.05) is 0 Å². The van der Waals surface area contributed by atoms with Crippen molar-refractivity contribution in [3.8, 4) is 0 Å². The molecule has 0 aliphatic heterocycles. The molecule has 0 aliphatic rings. The molecule has 0 bridgehead atoms. The lowest BCUT2D eigenvalue weighted by Gasteiger charge is -2.16. The van der Waals surface area contributed by atoms with E-state index in [0.29, 0.717) is 0 Å². The van der Waals surface area contributed by atoms with Gasteiger partial charge in [0.2, 0.25) is 0 Å². The van der Waals surface area contributed by atoms with E-state index in [1.54, 1.807) is 0 Å². The Kier molecular flexibility index (Phi) is 4.80.